The molecule has 6 nitrogen and oxygen atoms in total. The van der Waals surface area contributed by atoms with Gasteiger partial charge in [0, 0.05) is 28.8 Å². The Labute approximate surface area is 129 Å². The van der Waals surface area contributed by atoms with E-state index >= 15 is 0 Å². The van der Waals surface area contributed by atoms with E-state index < -0.39 is 10.8 Å². The van der Waals surface area contributed by atoms with Gasteiger partial charge < -0.3 is 11.1 Å². The number of non-ortho nitro benzene ring substituents is 1. The van der Waals surface area contributed by atoms with E-state index in [1.165, 1.54) is 18.2 Å². The minimum absolute atomic E-state index is 0.0984. The molecule has 0 bridgehead atoms. The summed E-state index contributed by atoms with van der Waals surface area (Å²) in [5.41, 5.74) is 6.67. The fourth-order valence-corrected chi connectivity index (χ4v) is 2.07. The SMILES string of the molecule is NC(=O)c1cc([N+](=O)[O-])ccc1NCc1ccc(Br)cc1. The van der Waals surface area contributed by atoms with Gasteiger partial charge in [0.1, 0.15) is 0 Å². The molecule has 108 valence electrons. The maximum absolute atomic E-state index is 11.4. The fourth-order valence-electron chi connectivity index (χ4n) is 1.80. The number of amides is 1. The minimum atomic E-state index is -0.711. The number of nitrogens with one attached hydrogen (secondary N) is 1. The topological polar surface area (TPSA) is 98.3 Å². The lowest BCUT2D eigenvalue weighted by Crippen LogP contribution is -2.14. The third-order valence-corrected chi connectivity index (χ3v) is 3.40. The van der Waals surface area contributed by atoms with Gasteiger partial charge in [-0.1, -0.05) is 28.1 Å². The van der Waals surface area contributed by atoms with E-state index in [1.807, 2.05) is 24.3 Å². The Bertz CT molecular complexity index is 686. The van der Waals surface area contributed by atoms with Gasteiger partial charge in [-0.2, -0.15) is 0 Å². The van der Waals surface area contributed by atoms with Crippen LogP contribution in [-0.4, -0.2) is 10.8 Å². The molecule has 2 aromatic rings. The highest BCUT2D eigenvalue weighted by Crippen LogP contribution is 2.22. The van der Waals surface area contributed by atoms with Crippen LogP contribution in [0.1, 0.15) is 15.9 Å². The molecule has 0 aliphatic heterocycles. The molecule has 0 fully saturated rings. The van der Waals surface area contributed by atoms with Crippen LogP contribution in [0.3, 0.4) is 0 Å². The number of primary amides is 1. The first-order chi connectivity index (χ1) is 9.97. The molecular formula is C14H12BrN3O3. The lowest BCUT2D eigenvalue weighted by molar-refractivity contribution is -0.384. The summed E-state index contributed by atoms with van der Waals surface area (Å²) in [4.78, 5) is 21.6. The highest BCUT2D eigenvalue weighted by atomic mass is 79.9. The van der Waals surface area contributed by atoms with Crippen molar-refractivity contribution in [1.82, 2.24) is 0 Å². The van der Waals surface area contributed by atoms with Gasteiger partial charge in [-0.3, -0.25) is 14.9 Å². The molecule has 0 aliphatic rings. The molecule has 1 amide bonds. The Hall–Kier alpha value is -2.41. The van der Waals surface area contributed by atoms with Gasteiger partial charge >= 0.3 is 0 Å². The van der Waals surface area contributed by atoms with Gasteiger partial charge in [-0.15, -0.1) is 0 Å². The molecule has 0 saturated heterocycles. The van der Waals surface area contributed by atoms with Crippen LogP contribution in [0.2, 0.25) is 0 Å². The number of carbonyl (C=O) groups is 1. The van der Waals surface area contributed by atoms with Crippen LogP contribution >= 0.6 is 15.9 Å². The molecule has 0 aliphatic carbocycles. The van der Waals surface area contributed by atoms with Crippen molar-refractivity contribution >= 4 is 33.2 Å². The summed E-state index contributed by atoms with van der Waals surface area (Å²) >= 11 is 3.35. The second-order valence-corrected chi connectivity index (χ2v) is 5.25. The highest BCUT2D eigenvalue weighted by Gasteiger charge is 2.14. The van der Waals surface area contributed by atoms with E-state index in [4.69, 9.17) is 5.73 Å². The summed E-state index contributed by atoms with van der Waals surface area (Å²) in [7, 11) is 0. The third kappa shape index (κ3) is 3.79. The predicted octanol–water partition coefficient (Wildman–Crippen LogP) is 3.07. The van der Waals surface area contributed by atoms with Crippen LogP contribution in [0.15, 0.2) is 46.9 Å². The zero-order valence-electron chi connectivity index (χ0n) is 10.9. The zero-order chi connectivity index (χ0) is 15.4. The number of nitro benzene ring substituents is 1. The molecular weight excluding hydrogens is 338 g/mol. The summed E-state index contributed by atoms with van der Waals surface area (Å²) in [6, 6.07) is 11.6. The van der Waals surface area contributed by atoms with Crippen LogP contribution in [-0.2, 0) is 6.54 Å². The Morgan fingerprint density at radius 3 is 2.48 bits per heavy atom. The number of hydrogen-bond acceptors (Lipinski definition) is 4. The van der Waals surface area contributed by atoms with E-state index in [9.17, 15) is 14.9 Å². The number of rotatable bonds is 5. The molecule has 0 radical (unpaired) electrons. The van der Waals surface area contributed by atoms with Gasteiger partial charge in [0.05, 0.1) is 10.5 Å². The molecule has 21 heavy (non-hydrogen) atoms. The Balaban J connectivity index is 2.21. The second kappa shape index (κ2) is 6.36. The number of anilines is 1. The molecule has 2 aromatic carbocycles. The second-order valence-electron chi connectivity index (χ2n) is 4.33. The largest absolute Gasteiger partial charge is 0.380 e. The van der Waals surface area contributed by atoms with Crippen LogP contribution in [0.5, 0.6) is 0 Å². The normalized spacial score (nSPS) is 10.1. The predicted molar refractivity (Wildman–Crippen MR) is 83.1 cm³/mol. The maximum atomic E-state index is 11.4. The van der Waals surface area contributed by atoms with E-state index in [0.717, 1.165) is 10.0 Å². The molecule has 0 spiro atoms. The van der Waals surface area contributed by atoms with Crippen molar-refractivity contribution in [3.8, 4) is 0 Å². The summed E-state index contributed by atoms with van der Waals surface area (Å²) in [6.45, 7) is 0.478. The van der Waals surface area contributed by atoms with E-state index in [2.05, 4.69) is 21.2 Å². The smallest absolute Gasteiger partial charge is 0.270 e. The number of hydrogen-bond donors (Lipinski definition) is 2. The molecule has 0 saturated carbocycles. The number of nitro groups is 1. The standard InChI is InChI=1S/C14H12BrN3O3/c15-10-3-1-9(2-4-10)8-17-13-6-5-11(18(20)21)7-12(13)14(16)19/h1-7,17H,8H2,(H2,16,19). The first-order valence-electron chi connectivity index (χ1n) is 6.04. The Kier molecular flexibility index (Phi) is 4.54. The molecule has 7 heteroatoms. The minimum Gasteiger partial charge on any atom is -0.380 e. The average molecular weight is 350 g/mol. The van der Waals surface area contributed by atoms with Crippen molar-refractivity contribution in [1.29, 1.82) is 0 Å². The number of nitrogens with two attached hydrogens (primary N) is 1. The summed E-state index contributed by atoms with van der Waals surface area (Å²) in [6.07, 6.45) is 0. The average Bonchev–Trinajstić information content (AvgIpc) is 2.46. The lowest BCUT2D eigenvalue weighted by atomic mass is 10.1. The fraction of sp³-hybridized carbons (Fsp3) is 0.0714. The maximum Gasteiger partial charge on any atom is 0.270 e. The van der Waals surface area contributed by atoms with Crippen molar-refractivity contribution in [2.24, 2.45) is 5.73 Å². The number of benzene rings is 2. The Morgan fingerprint density at radius 1 is 1.24 bits per heavy atom. The summed E-state index contributed by atoms with van der Waals surface area (Å²) < 4.78 is 0.972. The zero-order valence-corrected chi connectivity index (χ0v) is 12.5. The van der Waals surface area contributed by atoms with E-state index in [0.29, 0.717) is 12.2 Å². The number of nitrogens with zero attached hydrogens (tertiary/aromatic N) is 1. The van der Waals surface area contributed by atoms with Crippen molar-refractivity contribution in [3.05, 3.63) is 68.2 Å². The molecule has 0 aromatic heterocycles. The van der Waals surface area contributed by atoms with Crippen LogP contribution in [0, 0.1) is 10.1 Å². The van der Waals surface area contributed by atoms with Gasteiger partial charge in [-0.25, -0.2) is 0 Å². The molecule has 0 atom stereocenters. The summed E-state index contributed by atoms with van der Waals surface area (Å²) in [5.74, 6) is -0.711. The van der Waals surface area contributed by atoms with Crippen LogP contribution in [0.4, 0.5) is 11.4 Å². The van der Waals surface area contributed by atoms with Crippen molar-refractivity contribution in [3.63, 3.8) is 0 Å². The molecule has 2 rings (SSSR count). The quantitative estimate of drug-likeness (QED) is 0.640. The van der Waals surface area contributed by atoms with Crippen molar-refractivity contribution < 1.29 is 9.72 Å². The van der Waals surface area contributed by atoms with Crippen LogP contribution in [0.25, 0.3) is 0 Å². The monoisotopic (exact) mass is 349 g/mol. The van der Waals surface area contributed by atoms with E-state index in [-0.39, 0.29) is 11.3 Å². The number of carbonyl (C=O) groups excluding carboxylic acids is 1. The number of halogens is 1. The Morgan fingerprint density at radius 2 is 1.90 bits per heavy atom. The van der Waals surface area contributed by atoms with Crippen molar-refractivity contribution in [2.45, 2.75) is 6.54 Å². The van der Waals surface area contributed by atoms with Crippen molar-refractivity contribution in [2.75, 3.05) is 5.32 Å². The summed E-state index contributed by atoms with van der Waals surface area (Å²) in [5, 5.41) is 13.8. The van der Waals surface area contributed by atoms with Crippen LogP contribution < -0.4 is 11.1 Å². The van der Waals surface area contributed by atoms with Gasteiger partial charge in [-0.05, 0) is 23.8 Å². The van der Waals surface area contributed by atoms with Gasteiger partial charge in [0.2, 0.25) is 0 Å². The van der Waals surface area contributed by atoms with E-state index in [1.54, 1.807) is 0 Å². The van der Waals surface area contributed by atoms with Gasteiger partial charge in [0.25, 0.3) is 11.6 Å². The lowest BCUT2D eigenvalue weighted by Gasteiger charge is -2.10. The molecule has 3 N–H and O–H groups in total. The first kappa shape index (κ1) is 15.0. The molecule has 0 unspecified atom stereocenters. The highest BCUT2D eigenvalue weighted by molar-refractivity contribution is 9.10. The third-order valence-electron chi connectivity index (χ3n) is 2.88. The molecule has 0 heterocycles. The van der Waals surface area contributed by atoms with Gasteiger partial charge in [0.15, 0.2) is 0 Å². The first-order valence-corrected chi connectivity index (χ1v) is 6.83.